The highest BCUT2D eigenvalue weighted by molar-refractivity contribution is 5.79. The normalized spacial score (nSPS) is 14.6. The van der Waals surface area contributed by atoms with E-state index in [2.05, 4.69) is 34.3 Å². The highest BCUT2D eigenvalue weighted by atomic mass is 16.5. The molecule has 0 spiro atoms. The van der Waals surface area contributed by atoms with Gasteiger partial charge in [0.2, 0.25) is 5.91 Å². The number of amides is 1. The third kappa shape index (κ3) is 4.21. The number of benzene rings is 1. The van der Waals surface area contributed by atoms with Crippen LogP contribution in [0.1, 0.15) is 41.8 Å². The second-order valence-corrected chi connectivity index (χ2v) is 6.94. The van der Waals surface area contributed by atoms with Crippen molar-refractivity contribution in [3.05, 3.63) is 46.8 Å². The van der Waals surface area contributed by atoms with E-state index in [-0.39, 0.29) is 5.91 Å². The van der Waals surface area contributed by atoms with Gasteiger partial charge in [-0.3, -0.25) is 4.79 Å². The lowest BCUT2D eigenvalue weighted by Gasteiger charge is -2.29. The molecule has 1 fully saturated rings. The number of likely N-dealkylation sites (N-methyl/N-ethyl adjacent to an activating group) is 1. The molecule has 0 unspecified atom stereocenters. The highest BCUT2D eigenvalue weighted by Crippen LogP contribution is 2.21. The lowest BCUT2D eigenvalue weighted by atomic mass is 10.1. The van der Waals surface area contributed by atoms with E-state index in [0.29, 0.717) is 13.0 Å². The molecule has 0 bridgehead atoms. The van der Waals surface area contributed by atoms with E-state index in [1.165, 1.54) is 24.9 Å². The number of anilines is 1. The molecular weight excluding hydrogens is 314 g/mol. The minimum absolute atomic E-state index is 0.0782. The summed E-state index contributed by atoms with van der Waals surface area (Å²) >= 11 is 0. The van der Waals surface area contributed by atoms with E-state index >= 15 is 0 Å². The number of aryl methyl sites for hydroxylation is 2. The molecule has 2 heterocycles. The van der Waals surface area contributed by atoms with Crippen LogP contribution in [-0.4, -0.2) is 36.1 Å². The Balaban J connectivity index is 1.58. The molecule has 1 saturated heterocycles. The molecule has 0 atom stereocenters. The molecule has 1 aromatic carbocycles. The molecule has 0 saturated carbocycles. The van der Waals surface area contributed by atoms with E-state index in [9.17, 15) is 4.79 Å². The Kier molecular flexibility index (Phi) is 5.41. The zero-order chi connectivity index (χ0) is 17.8. The molecule has 3 rings (SSSR count). The van der Waals surface area contributed by atoms with Crippen LogP contribution in [0.2, 0.25) is 0 Å². The number of hydrogen-bond donors (Lipinski definition) is 0. The summed E-state index contributed by atoms with van der Waals surface area (Å²) in [4.78, 5) is 16.7. The van der Waals surface area contributed by atoms with Crippen LogP contribution >= 0.6 is 0 Å². The number of aromatic nitrogens is 1. The fraction of sp³-hybridized carbons (Fsp3) is 0.500. The summed E-state index contributed by atoms with van der Waals surface area (Å²) < 4.78 is 5.14. The fourth-order valence-corrected chi connectivity index (χ4v) is 3.37. The molecule has 25 heavy (non-hydrogen) atoms. The molecule has 134 valence electrons. The molecule has 1 amide bonds. The third-order valence-electron chi connectivity index (χ3n) is 5.01. The molecule has 2 aromatic rings. The van der Waals surface area contributed by atoms with E-state index in [1.807, 2.05) is 20.9 Å². The van der Waals surface area contributed by atoms with Gasteiger partial charge in [-0.25, -0.2) is 0 Å². The largest absolute Gasteiger partial charge is 0.372 e. The highest BCUT2D eigenvalue weighted by Gasteiger charge is 2.17. The summed E-state index contributed by atoms with van der Waals surface area (Å²) in [6.45, 7) is 6.63. The first kappa shape index (κ1) is 17.5. The van der Waals surface area contributed by atoms with Crippen LogP contribution in [0.4, 0.5) is 5.69 Å². The Bertz CT molecular complexity index is 696. The Morgan fingerprint density at radius 2 is 1.84 bits per heavy atom. The molecule has 1 aliphatic rings. The molecular formula is C20H27N3O2. The van der Waals surface area contributed by atoms with Gasteiger partial charge in [0.05, 0.1) is 12.1 Å². The predicted molar refractivity (Wildman–Crippen MR) is 98.7 cm³/mol. The van der Waals surface area contributed by atoms with E-state index in [1.54, 1.807) is 4.90 Å². The first-order valence-corrected chi connectivity index (χ1v) is 9.04. The maximum atomic E-state index is 12.5. The summed E-state index contributed by atoms with van der Waals surface area (Å²) in [6, 6.07) is 8.60. The fourth-order valence-electron chi connectivity index (χ4n) is 3.37. The van der Waals surface area contributed by atoms with Crippen molar-refractivity contribution in [3.8, 4) is 0 Å². The number of rotatable bonds is 5. The topological polar surface area (TPSA) is 49.6 Å². The van der Waals surface area contributed by atoms with Crippen molar-refractivity contribution in [2.24, 2.45) is 0 Å². The standard InChI is InChI=1S/C20H27N3O2/c1-15-19(16(2)25-21-15)13-20(24)22(3)14-17-7-9-18(10-8-17)23-11-5-4-6-12-23/h7-10H,4-6,11-14H2,1-3H3. The van der Waals surface area contributed by atoms with Crippen LogP contribution < -0.4 is 4.90 Å². The first-order valence-electron chi connectivity index (χ1n) is 9.04. The number of carbonyl (C=O) groups is 1. The maximum absolute atomic E-state index is 12.5. The van der Waals surface area contributed by atoms with Crippen LogP contribution in [0.5, 0.6) is 0 Å². The molecule has 0 radical (unpaired) electrons. The monoisotopic (exact) mass is 341 g/mol. The van der Waals surface area contributed by atoms with Crippen LogP contribution in [0, 0.1) is 13.8 Å². The Hall–Kier alpha value is -2.30. The molecule has 0 aliphatic carbocycles. The Labute approximate surface area is 149 Å². The van der Waals surface area contributed by atoms with Gasteiger partial charge < -0.3 is 14.3 Å². The minimum atomic E-state index is 0.0782. The van der Waals surface area contributed by atoms with E-state index in [0.717, 1.165) is 35.7 Å². The summed E-state index contributed by atoms with van der Waals surface area (Å²) in [5.41, 5.74) is 4.13. The van der Waals surface area contributed by atoms with Crippen molar-refractivity contribution in [3.63, 3.8) is 0 Å². The van der Waals surface area contributed by atoms with Gasteiger partial charge >= 0.3 is 0 Å². The van der Waals surface area contributed by atoms with Gasteiger partial charge in [0, 0.05) is 37.9 Å². The van der Waals surface area contributed by atoms with Crippen molar-refractivity contribution < 1.29 is 9.32 Å². The first-order chi connectivity index (χ1) is 12.0. The zero-order valence-electron chi connectivity index (χ0n) is 15.4. The van der Waals surface area contributed by atoms with Crippen LogP contribution in [0.25, 0.3) is 0 Å². The molecule has 5 heteroatoms. The van der Waals surface area contributed by atoms with Gasteiger partial charge in [0.25, 0.3) is 0 Å². The lowest BCUT2D eigenvalue weighted by Crippen LogP contribution is -2.29. The summed E-state index contributed by atoms with van der Waals surface area (Å²) in [5, 5.41) is 3.92. The van der Waals surface area contributed by atoms with Gasteiger partial charge in [-0.05, 0) is 50.8 Å². The minimum Gasteiger partial charge on any atom is -0.372 e. The quantitative estimate of drug-likeness (QED) is 0.835. The molecule has 1 aliphatic heterocycles. The molecule has 5 nitrogen and oxygen atoms in total. The number of piperidine rings is 1. The number of hydrogen-bond acceptors (Lipinski definition) is 4. The van der Waals surface area contributed by atoms with Crippen molar-refractivity contribution >= 4 is 11.6 Å². The smallest absolute Gasteiger partial charge is 0.227 e. The summed E-state index contributed by atoms with van der Waals surface area (Å²) in [7, 11) is 1.85. The average Bonchev–Trinajstić information content (AvgIpc) is 2.95. The van der Waals surface area contributed by atoms with Crippen molar-refractivity contribution in [2.75, 3.05) is 25.0 Å². The van der Waals surface area contributed by atoms with Crippen molar-refractivity contribution in [1.29, 1.82) is 0 Å². The van der Waals surface area contributed by atoms with Gasteiger partial charge in [-0.1, -0.05) is 17.3 Å². The van der Waals surface area contributed by atoms with Crippen molar-refractivity contribution in [2.45, 2.75) is 46.1 Å². The SMILES string of the molecule is Cc1noc(C)c1CC(=O)N(C)Cc1ccc(N2CCCCC2)cc1. The average molecular weight is 341 g/mol. The van der Waals surface area contributed by atoms with Gasteiger partial charge in [0.15, 0.2) is 0 Å². The summed E-state index contributed by atoms with van der Waals surface area (Å²) in [5.74, 6) is 0.805. The third-order valence-corrected chi connectivity index (χ3v) is 5.01. The summed E-state index contributed by atoms with van der Waals surface area (Å²) in [6.07, 6.45) is 4.23. The lowest BCUT2D eigenvalue weighted by molar-refractivity contribution is -0.129. The van der Waals surface area contributed by atoms with Crippen LogP contribution in [0.15, 0.2) is 28.8 Å². The maximum Gasteiger partial charge on any atom is 0.227 e. The number of nitrogens with zero attached hydrogens (tertiary/aromatic N) is 3. The van der Waals surface area contributed by atoms with E-state index < -0.39 is 0 Å². The predicted octanol–water partition coefficient (Wildman–Crippen LogP) is 3.48. The molecule has 0 N–H and O–H groups in total. The van der Waals surface area contributed by atoms with Crippen LogP contribution in [-0.2, 0) is 17.8 Å². The zero-order valence-corrected chi connectivity index (χ0v) is 15.4. The van der Waals surface area contributed by atoms with Gasteiger partial charge in [-0.2, -0.15) is 0 Å². The molecule has 1 aromatic heterocycles. The second-order valence-electron chi connectivity index (χ2n) is 6.94. The van der Waals surface area contributed by atoms with Gasteiger partial charge in [-0.15, -0.1) is 0 Å². The van der Waals surface area contributed by atoms with Gasteiger partial charge in [0.1, 0.15) is 5.76 Å². The Morgan fingerprint density at radius 3 is 2.44 bits per heavy atom. The number of carbonyl (C=O) groups excluding carboxylic acids is 1. The van der Waals surface area contributed by atoms with Crippen LogP contribution in [0.3, 0.4) is 0 Å². The van der Waals surface area contributed by atoms with Crippen molar-refractivity contribution in [1.82, 2.24) is 10.1 Å². The Morgan fingerprint density at radius 1 is 1.16 bits per heavy atom. The van der Waals surface area contributed by atoms with E-state index in [4.69, 9.17) is 4.52 Å². The second kappa shape index (κ2) is 7.72.